The summed E-state index contributed by atoms with van der Waals surface area (Å²) in [6.07, 6.45) is -0.0807. The quantitative estimate of drug-likeness (QED) is 0.387. The average molecular weight is 400 g/mol. The molecule has 0 saturated carbocycles. The fourth-order valence-corrected chi connectivity index (χ4v) is 2.48. The molecule has 0 aliphatic carbocycles. The lowest BCUT2D eigenvalue weighted by Crippen LogP contribution is -2.46. The minimum absolute atomic E-state index is 0.0387. The van der Waals surface area contributed by atoms with Gasteiger partial charge >= 0.3 is 5.97 Å². The lowest BCUT2D eigenvalue weighted by atomic mass is 9.94. The maximum absolute atomic E-state index is 12.2. The van der Waals surface area contributed by atoms with Crippen molar-refractivity contribution in [1.29, 1.82) is 0 Å². The van der Waals surface area contributed by atoms with Crippen molar-refractivity contribution in [3.05, 3.63) is 34.9 Å². The number of aliphatic hydroxyl groups excluding tert-OH is 1. The van der Waals surface area contributed by atoms with Crippen LogP contribution in [0.2, 0.25) is 5.02 Å². The molecule has 1 aromatic carbocycles. The van der Waals surface area contributed by atoms with Crippen LogP contribution in [-0.2, 0) is 14.4 Å². The van der Waals surface area contributed by atoms with Crippen LogP contribution in [0, 0.1) is 5.92 Å². The minimum atomic E-state index is -1.38. The van der Waals surface area contributed by atoms with Gasteiger partial charge in [-0.25, -0.2) is 4.79 Å². The summed E-state index contributed by atoms with van der Waals surface area (Å²) in [5.41, 5.74) is 6.57. The van der Waals surface area contributed by atoms with Gasteiger partial charge < -0.3 is 26.6 Å². The average Bonchev–Trinajstić information content (AvgIpc) is 2.62. The van der Waals surface area contributed by atoms with Gasteiger partial charge in [0.05, 0.1) is 12.6 Å². The number of aliphatic carboxylic acids is 1. The highest BCUT2D eigenvalue weighted by molar-refractivity contribution is 6.30. The smallest absolute Gasteiger partial charge is 0.328 e. The van der Waals surface area contributed by atoms with E-state index in [-0.39, 0.29) is 24.8 Å². The first-order valence-corrected chi connectivity index (χ1v) is 8.95. The molecule has 2 amide bonds. The molecule has 0 aliphatic rings. The van der Waals surface area contributed by atoms with E-state index in [1.807, 2.05) is 13.8 Å². The van der Waals surface area contributed by atoms with E-state index >= 15 is 0 Å². The molecule has 0 aromatic heterocycles. The van der Waals surface area contributed by atoms with E-state index in [2.05, 4.69) is 10.6 Å². The normalized spacial score (nSPS) is 14.3. The van der Waals surface area contributed by atoms with Crippen molar-refractivity contribution in [2.75, 3.05) is 13.2 Å². The summed E-state index contributed by atoms with van der Waals surface area (Å²) in [7, 11) is 0. The molecule has 8 nitrogen and oxygen atoms in total. The summed E-state index contributed by atoms with van der Waals surface area (Å²) in [5, 5.41) is 23.5. The number of amides is 2. The third kappa shape index (κ3) is 7.54. The van der Waals surface area contributed by atoms with Gasteiger partial charge in [0.15, 0.2) is 0 Å². The van der Waals surface area contributed by atoms with Gasteiger partial charge in [0.25, 0.3) is 0 Å². The first kappa shape index (κ1) is 22.9. The van der Waals surface area contributed by atoms with Crippen LogP contribution in [0.3, 0.4) is 0 Å². The maximum atomic E-state index is 12.2. The fourth-order valence-electron chi connectivity index (χ4n) is 2.35. The van der Waals surface area contributed by atoms with Crippen molar-refractivity contribution >= 4 is 29.4 Å². The highest BCUT2D eigenvalue weighted by Gasteiger charge is 2.24. The molecular weight excluding hydrogens is 374 g/mol. The molecule has 3 atom stereocenters. The number of carbonyl (C=O) groups is 3. The number of nitrogens with one attached hydrogen (secondary N) is 2. The second kappa shape index (κ2) is 10.9. The molecule has 0 heterocycles. The van der Waals surface area contributed by atoms with E-state index in [1.54, 1.807) is 24.3 Å². The van der Waals surface area contributed by atoms with Crippen LogP contribution in [0.15, 0.2) is 24.3 Å². The van der Waals surface area contributed by atoms with Gasteiger partial charge in [-0.3, -0.25) is 9.59 Å². The maximum Gasteiger partial charge on any atom is 0.328 e. The molecule has 27 heavy (non-hydrogen) atoms. The van der Waals surface area contributed by atoms with Gasteiger partial charge in [-0.15, -0.1) is 0 Å². The van der Waals surface area contributed by atoms with Crippen LogP contribution in [0.4, 0.5) is 0 Å². The molecule has 0 saturated heterocycles. The molecule has 1 rings (SSSR count). The summed E-state index contributed by atoms with van der Waals surface area (Å²) in [5.74, 6) is -2.67. The summed E-state index contributed by atoms with van der Waals surface area (Å²) in [6.45, 7) is 3.09. The number of hydrogen-bond acceptors (Lipinski definition) is 5. The van der Waals surface area contributed by atoms with Crippen molar-refractivity contribution in [3.8, 4) is 0 Å². The first-order valence-electron chi connectivity index (χ1n) is 8.57. The Morgan fingerprint density at radius 2 is 1.78 bits per heavy atom. The monoisotopic (exact) mass is 399 g/mol. The highest BCUT2D eigenvalue weighted by atomic mass is 35.5. The van der Waals surface area contributed by atoms with Gasteiger partial charge in [-0.1, -0.05) is 37.6 Å². The van der Waals surface area contributed by atoms with Crippen LogP contribution in [0.25, 0.3) is 0 Å². The van der Waals surface area contributed by atoms with Crippen LogP contribution in [0.1, 0.15) is 31.7 Å². The largest absolute Gasteiger partial charge is 0.480 e. The molecule has 6 N–H and O–H groups in total. The van der Waals surface area contributed by atoms with Crippen molar-refractivity contribution in [1.82, 2.24) is 10.6 Å². The number of aliphatic hydroxyl groups is 1. The van der Waals surface area contributed by atoms with E-state index in [0.29, 0.717) is 5.02 Å². The molecule has 0 fully saturated rings. The minimum Gasteiger partial charge on any atom is -0.480 e. The van der Waals surface area contributed by atoms with Gasteiger partial charge in [-0.2, -0.15) is 0 Å². The van der Waals surface area contributed by atoms with E-state index in [1.165, 1.54) is 0 Å². The molecule has 0 bridgehead atoms. The topological polar surface area (TPSA) is 142 Å². The van der Waals surface area contributed by atoms with E-state index in [9.17, 15) is 14.4 Å². The molecule has 0 radical (unpaired) electrons. The Labute approximate surface area is 163 Å². The van der Waals surface area contributed by atoms with Gasteiger partial charge in [-0.05, 0) is 23.6 Å². The Bertz CT molecular complexity index is 651. The molecular formula is C18H26ClN3O5. The van der Waals surface area contributed by atoms with Crippen LogP contribution in [-0.4, -0.2) is 53.2 Å². The third-order valence-electron chi connectivity index (χ3n) is 4.13. The van der Waals surface area contributed by atoms with Gasteiger partial charge in [0, 0.05) is 23.9 Å². The van der Waals surface area contributed by atoms with Crippen LogP contribution in [0.5, 0.6) is 0 Å². The van der Waals surface area contributed by atoms with E-state index < -0.39 is 36.5 Å². The molecule has 1 unspecified atom stereocenters. The first-order chi connectivity index (χ1) is 12.6. The second-order valence-electron chi connectivity index (χ2n) is 6.61. The number of halogens is 1. The fraction of sp³-hybridized carbons (Fsp3) is 0.500. The molecule has 0 spiro atoms. The number of carboxylic acid groups (broad SMARTS) is 1. The van der Waals surface area contributed by atoms with Crippen LogP contribution >= 0.6 is 11.6 Å². The van der Waals surface area contributed by atoms with Crippen molar-refractivity contribution in [2.24, 2.45) is 11.7 Å². The molecule has 150 valence electrons. The van der Waals surface area contributed by atoms with Gasteiger partial charge in [0.1, 0.15) is 6.04 Å². The Morgan fingerprint density at radius 3 is 2.26 bits per heavy atom. The van der Waals surface area contributed by atoms with Gasteiger partial charge in [0.2, 0.25) is 11.8 Å². The van der Waals surface area contributed by atoms with E-state index in [0.717, 1.165) is 5.56 Å². The SMILES string of the molecule is CC(C)[C@H](N)C(=O)NCC(CC(=O)N[C@@H](CO)C(=O)O)c1ccc(Cl)cc1. The number of carboxylic acids is 1. The standard InChI is InChI=1S/C18H26ClN3O5/c1-10(2)16(20)17(25)21-8-12(11-3-5-13(19)6-4-11)7-15(24)22-14(9-23)18(26)27/h3-6,10,12,14,16,23H,7-9,20H2,1-2H3,(H,21,25)(H,22,24)(H,26,27)/t12?,14-,16-/m0/s1. The number of hydrogen-bond donors (Lipinski definition) is 5. The number of benzene rings is 1. The molecule has 0 aliphatic heterocycles. The Balaban J connectivity index is 2.85. The van der Waals surface area contributed by atoms with Crippen molar-refractivity contribution in [2.45, 2.75) is 38.3 Å². The Morgan fingerprint density at radius 1 is 1.19 bits per heavy atom. The second-order valence-corrected chi connectivity index (χ2v) is 7.04. The molecule has 1 aromatic rings. The lowest BCUT2D eigenvalue weighted by Gasteiger charge is -2.21. The number of carbonyl (C=O) groups excluding carboxylic acids is 2. The van der Waals surface area contributed by atoms with Crippen molar-refractivity contribution in [3.63, 3.8) is 0 Å². The summed E-state index contributed by atoms with van der Waals surface area (Å²) in [4.78, 5) is 35.3. The van der Waals surface area contributed by atoms with Crippen molar-refractivity contribution < 1.29 is 24.6 Å². The lowest BCUT2D eigenvalue weighted by molar-refractivity contribution is -0.143. The Kier molecular flexibility index (Phi) is 9.20. The zero-order valence-electron chi connectivity index (χ0n) is 15.3. The summed E-state index contributed by atoms with van der Waals surface area (Å²) in [6, 6.07) is 4.74. The zero-order valence-corrected chi connectivity index (χ0v) is 16.1. The molecule has 9 heteroatoms. The van der Waals surface area contributed by atoms with Crippen LogP contribution < -0.4 is 16.4 Å². The summed E-state index contributed by atoms with van der Waals surface area (Å²) < 4.78 is 0. The highest BCUT2D eigenvalue weighted by Crippen LogP contribution is 2.21. The third-order valence-corrected chi connectivity index (χ3v) is 4.38. The Hall–Kier alpha value is -2.16. The summed E-state index contributed by atoms with van der Waals surface area (Å²) >= 11 is 5.89. The number of nitrogens with two attached hydrogens (primary N) is 1. The zero-order chi connectivity index (χ0) is 20.6. The number of rotatable bonds is 10. The predicted octanol–water partition coefficient (Wildman–Crippen LogP) is 0.475. The van der Waals surface area contributed by atoms with E-state index in [4.69, 9.17) is 27.5 Å². The predicted molar refractivity (Wildman–Crippen MR) is 101 cm³/mol.